The Morgan fingerprint density at radius 3 is 2.85 bits per heavy atom. The summed E-state index contributed by atoms with van der Waals surface area (Å²) in [6, 6.07) is 0. The molecule has 72 valence electrons. The van der Waals surface area contributed by atoms with Gasteiger partial charge in [-0.15, -0.1) is 0 Å². The molecule has 0 aromatic carbocycles. The molecule has 0 saturated carbocycles. The van der Waals surface area contributed by atoms with Gasteiger partial charge in [0.05, 0.1) is 5.03 Å². The van der Waals surface area contributed by atoms with Gasteiger partial charge >= 0.3 is 0 Å². The van der Waals surface area contributed by atoms with Crippen LogP contribution in [0, 0.1) is 0 Å². The molecule has 0 amide bonds. The van der Waals surface area contributed by atoms with E-state index in [2.05, 4.69) is 5.32 Å². The third kappa shape index (κ3) is 3.33. The zero-order valence-electron chi connectivity index (χ0n) is 7.61. The average molecular weight is 202 g/mol. The number of halogens is 2. The maximum Gasteiger partial charge on any atom is 0.141 e. The molecule has 0 aromatic rings. The first-order valence-electron chi connectivity index (χ1n) is 4.31. The van der Waals surface area contributed by atoms with Gasteiger partial charge in [0.25, 0.3) is 0 Å². The van der Waals surface area contributed by atoms with Crippen LogP contribution >= 0.6 is 11.6 Å². The molecule has 0 saturated heterocycles. The maximum absolute atomic E-state index is 13.2. The van der Waals surface area contributed by atoms with E-state index >= 15 is 0 Å². The van der Waals surface area contributed by atoms with Crippen LogP contribution < -0.4 is 5.32 Å². The van der Waals surface area contributed by atoms with Crippen molar-refractivity contribution in [1.82, 2.24) is 5.32 Å². The number of hydrogen-bond donors (Lipinski definition) is 1. The van der Waals surface area contributed by atoms with Crippen LogP contribution in [0.25, 0.3) is 0 Å². The van der Waals surface area contributed by atoms with Gasteiger partial charge in [0.2, 0.25) is 0 Å². The summed E-state index contributed by atoms with van der Waals surface area (Å²) in [7, 11) is 1.84. The molecule has 1 N–H and O–H groups in total. The largest absolute Gasteiger partial charge is 0.316 e. The Morgan fingerprint density at radius 2 is 2.15 bits per heavy atom. The van der Waals surface area contributed by atoms with Crippen molar-refractivity contribution in [3.05, 3.63) is 34.7 Å². The number of likely N-dealkylation sites (N-methyl/N-ethyl adjacent to an activating group) is 1. The van der Waals surface area contributed by atoms with E-state index in [1.54, 1.807) is 6.08 Å². The standard InChI is InChI=1S/C10H13ClFN/c1-13-7-8-4-2-3-5-9(11)10(12)6-8/h4-6,13H,2-3,7H2,1H3/b8-4?,9-5-,10-6?. The van der Waals surface area contributed by atoms with E-state index in [0.29, 0.717) is 6.54 Å². The molecular formula is C10H13ClFN. The monoisotopic (exact) mass is 201 g/mol. The Bertz CT molecular complexity index is 266. The SMILES string of the molecule is CNCC1=CCC/C=C(\Cl)C(F)=C1. The van der Waals surface area contributed by atoms with E-state index in [-0.39, 0.29) is 10.9 Å². The molecule has 0 aliphatic heterocycles. The van der Waals surface area contributed by atoms with Crippen molar-refractivity contribution in [2.24, 2.45) is 0 Å². The lowest BCUT2D eigenvalue weighted by Gasteiger charge is -2.05. The third-order valence-electron chi connectivity index (χ3n) is 1.82. The van der Waals surface area contributed by atoms with Crippen molar-refractivity contribution in [1.29, 1.82) is 0 Å². The van der Waals surface area contributed by atoms with Crippen LogP contribution in [0.15, 0.2) is 34.7 Å². The minimum atomic E-state index is -0.345. The van der Waals surface area contributed by atoms with Gasteiger partial charge < -0.3 is 5.32 Å². The Labute approximate surface area is 83.0 Å². The first-order valence-corrected chi connectivity index (χ1v) is 4.68. The number of allylic oxidation sites excluding steroid dienone is 4. The molecule has 0 unspecified atom stereocenters. The van der Waals surface area contributed by atoms with Gasteiger partial charge in [-0.2, -0.15) is 0 Å². The predicted octanol–water partition coefficient (Wildman–Crippen LogP) is 2.90. The first kappa shape index (κ1) is 10.5. The molecule has 1 nitrogen and oxygen atoms in total. The molecular weight excluding hydrogens is 189 g/mol. The Hall–Kier alpha value is -0.600. The highest BCUT2D eigenvalue weighted by molar-refractivity contribution is 6.31. The van der Waals surface area contributed by atoms with Crippen molar-refractivity contribution in [2.45, 2.75) is 12.8 Å². The highest BCUT2D eigenvalue weighted by Crippen LogP contribution is 2.21. The fourth-order valence-corrected chi connectivity index (χ4v) is 1.36. The lowest BCUT2D eigenvalue weighted by molar-refractivity contribution is 0.657. The smallest absolute Gasteiger partial charge is 0.141 e. The quantitative estimate of drug-likeness (QED) is 0.725. The molecule has 0 fully saturated rings. The van der Waals surface area contributed by atoms with E-state index in [0.717, 1.165) is 18.4 Å². The summed E-state index contributed by atoms with van der Waals surface area (Å²) in [4.78, 5) is 0. The molecule has 1 aliphatic carbocycles. The zero-order valence-corrected chi connectivity index (χ0v) is 8.37. The molecule has 1 rings (SSSR count). The second kappa shape index (κ2) is 5.20. The van der Waals surface area contributed by atoms with E-state index in [9.17, 15) is 4.39 Å². The molecule has 0 bridgehead atoms. The minimum absolute atomic E-state index is 0.224. The first-order chi connectivity index (χ1) is 6.24. The highest BCUT2D eigenvalue weighted by atomic mass is 35.5. The van der Waals surface area contributed by atoms with Crippen LogP contribution in [0.3, 0.4) is 0 Å². The van der Waals surface area contributed by atoms with Gasteiger partial charge in [-0.1, -0.05) is 23.8 Å². The maximum atomic E-state index is 13.2. The number of rotatable bonds is 2. The average Bonchev–Trinajstić information content (AvgIpc) is 2.10. The summed E-state index contributed by atoms with van der Waals surface area (Å²) in [5.41, 5.74) is 0.950. The van der Waals surface area contributed by atoms with Crippen LogP contribution in [-0.4, -0.2) is 13.6 Å². The molecule has 13 heavy (non-hydrogen) atoms. The van der Waals surface area contributed by atoms with Crippen molar-refractivity contribution >= 4 is 11.6 Å². The molecule has 0 spiro atoms. The van der Waals surface area contributed by atoms with E-state index < -0.39 is 0 Å². The Kier molecular flexibility index (Phi) is 4.19. The van der Waals surface area contributed by atoms with Crippen LogP contribution in [0.4, 0.5) is 4.39 Å². The summed E-state index contributed by atoms with van der Waals surface area (Å²) in [5.74, 6) is -0.345. The van der Waals surface area contributed by atoms with Crippen molar-refractivity contribution < 1.29 is 4.39 Å². The molecule has 0 atom stereocenters. The minimum Gasteiger partial charge on any atom is -0.316 e. The fraction of sp³-hybridized carbons (Fsp3) is 0.400. The van der Waals surface area contributed by atoms with Crippen LogP contribution in [0.2, 0.25) is 0 Å². The van der Waals surface area contributed by atoms with Gasteiger partial charge in [0, 0.05) is 6.54 Å². The topological polar surface area (TPSA) is 12.0 Å². The summed E-state index contributed by atoms with van der Waals surface area (Å²) in [6.45, 7) is 0.678. The summed E-state index contributed by atoms with van der Waals surface area (Å²) in [5, 5.41) is 3.20. The van der Waals surface area contributed by atoms with Crippen LogP contribution in [-0.2, 0) is 0 Å². The van der Waals surface area contributed by atoms with Crippen molar-refractivity contribution in [3.63, 3.8) is 0 Å². The van der Waals surface area contributed by atoms with E-state index in [1.165, 1.54) is 6.08 Å². The number of nitrogens with one attached hydrogen (secondary N) is 1. The lowest BCUT2D eigenvalue weighted by atomic mass is 10.1. The van der Waals surface area contributed by atoms with Gasteiger partial charge in [-0.25, -0.2) is 4.39 Å². The number of hydrogen-bond acceptors (Lipinski definition) is 1. The van der Waals surface area contributed by atoms with Crippen LogP contribution in [0.1, 0.15) is 12.8 Å². The Morgan fingerprint density at radius 1 is 1.46 bits per heavy atom. The van der Waals surface area contributed by atoms with Crippen LogP contribution in [0.5, 0.6) is 0 Å². The summed E-state index contributed by atoms with van der Waals surface area (Å²) < 4.78 is 13.2. The molecule has 0 radical (unpaired) electrons. The summed E-state index contributed by atoms with van der Waals surface area (Å²) in [6.07, 6.45) is 6.93. The van der Waals surface area contributed by atoms with Crippen molar-refractivity contribution in [3.8, 4) is 0 Å². The predicted molar refractivity (Wildman–Crippen MR) is 54.4 cm³/mol. The normalized spacial score (nSPS) is 22.2. The van der Waals surface area contributed by atoms with Crippen molar-refractivity contribution in [2.75, 3.05) is 13.6 Å². The molecule has 3 heteroatoms. The lowest BCUT2D eigenvalue weighted by Crippen LogP contribution is -2.09. The van der Waals surface area contributed by atoms with E-state index in [4.69, 9.17) is 11.6 Å². The van der Waals surface area contributed by atoms with Gasteiger partial charge in [0.1, 0.15) is 5.83 Å². The summed E-state index contributed by atoms with van der Waals surface area (Å²) >= 11 is 5.68. The van der Waals surface area contributed by atoms with Gasteiger partial charge in [0.15, 0.2) is 0 Å². The Balaban J connectivity index is 2.81. The zero-order chi connectivity index (χ0) is 9.68. The second-order valence-corrected chi connectivity index (χ2v) is 3.34. The molecule has 0 aromatic heterocycles. The van der Waals surface area contributed by atoms with Gasteiger partial charge in [-0.05, 0) is 31.5 Å². The molecule has 0 heterocycles. The second-order valence-electron chi connectivity index (χ2n) is 2.93. The third-order valence-corrected chi connectivity index (χ3v) is 2.15. The van der Waals surface area contributed by atoms with Gasteiger partial charge in [-0.3, -0.25) is 0 Å². The van der Waals surface area contributed by atoms with E-state index in [1.807, 2.05) is 13.1 Å². The molecule has 1 aliphatic rings. The highest BCUT2D eigenvalue weighted by Gasteiger charge is 2.04. The fourth-order valence-electron chi connectivity index (χ4n) is 1.19.